The number of likely N-dealkylation sites (tertiary alicyclic amines) is 1. The first-order valence-electron chi connectivity index (χ1n) is 7.69. The summed E-state index contributed by atoms with van der Waals surface area (Å²) < 4.78 is 0. The molecule has 2 aromatic rings. The average Bonchev–Trinajstić information content (AvgIpc) is 2.76. The molecule has 0 spiro atoms. The molecular formula is C17H21N3O. The van der Waals surface area contributed by atoms with E-state index in [1.54, 1.807) is 0 Å². The maximum absolute atomic E-state index is 12.6. The summed E-state index contributed by atoms with van der Waals surface area (Å²) >= 11 is 0. The monoisotopic (exact) mass is 283 g/mol. The Morgan fingerprint density at radius 3 is 2.24 bits per heavy atom. The van der Waals surface area contributed by atoms with Gasteiger partial charge in [-0.05, 0) is 44.9 Å². The van der Waals surface area contributed by atoms with Gasteiger partial charge in [-0.2, -0.15) is 0 Å². The van der Waals surface area contributed by atoms with E-state index in [4.69, 9.17) is 0 Å². The van der Waals surface area contributed by atoms with Gasteiger partial charge in [0.1, 0.15) is 0 Å². The maximum atomic E-state index is 12.6. The Balaban J connectivity index is 1.92. The number of aryl methyl sites for hydroxylation is 2. The molecule has 0 aliphatic carbocycles. The fourth-order valence-corrected chi connectivity index (χ4v) is 2.82. The summed E-state index contributed by atoms with van der Waals surface area (Å²) in [5.41, 5.74) is 4.24. The minimum Gasteiger partial charge on any atom is -0.339 e. The molecule has 0 radical (unpaired) electrons. The molecule has 0 unspecified atom stereocenters. The Morgan fingerprint density at radius 1 is 0.952 bits per heavy atom. The van der Waals surface area contributed by atoms with Gasteiger partial charge in [0.25, 0.3) is 5.91 Å². The highest BCUT2D eigenvalue weighted by atomic mass is 16.2. The molecule has 1 amide bonds. The number of rotatable bonds is 1. The smallest absolute Gasteiger partial charge is 0.253 e. The van der Waals surface area contributed by atoms with Crippen molar-refractivity contribution >= 4 is 16.9 Å². The number of carbonyl (C=O) groups excluding carboxylic acids is 1. The van der Waals surface area contributed by atoms with Crippen LogP contribution in [0.15, 0.2) is 18.2 Å². The largest absolute Gasteiger partial charge is 0.339 e. The second-order valence-corrected chi connectivity index (χ2v) is 5.80. The molecule has 3 rings (SSSR count). The Labute approximate surface area is 125 Å². The summed E-state index contributed by atoms with van der Waals surface area (Å²) in [5.74, 6) is 0.124. The number of benzene rings is 1. The Hall–Kier alpha value is -1.97. The first-order chi connectivity index (χ1) is 10.1. The van der Waals surface area contributed by atoms with Gasteiger partial charge in [0.2, 0.25) is 0 Å². The lowest BCUT2D eigenvalue weighted by atomic mass is 10.1. The van der Waals surface area contributed by atoms with Crippen molar-refractivity contribution in [3.63, 3.8) is 0 Å². The van der Waals surface area contributed by atoms with Crippen molar-refractivity contribution in [1.82, 2.24) is 14.9 Å². The van der Waals surface area contributed by atoms with Crippen LogP contribution in [0.3, 0.4) is 0 Å². The summed E-state index contributed by atoms with van der Waals surface area (Å²) in [6, 6.07) is 5.65. The standard InChI is InChI=1S/C17H21N3O/c1-12-13(2)19-16-11-14(7-8-15(16)18-12)17(21)20-9-5-3-4-6-10-20/h7-8,11H,3-6,9-10H2,1-2H3. The van der Waals surface area contributed by atoms with Gasteiger partial charge in [-0.1, -0.05) is 12.8 Å². The summed E-state index contributed by atoms with van der Waals surface area (Å²) in [4.78, 5) is 23.7. The van der Waals surface area contributed by atoms with Crippen molar-refractivity contribution in [2.75, 3.05) is 13.1 Å². The van der Waals surface area contributed by atoms with Gasteiger partial charge in [0, 0.05) is 18.7 Å². The molecule has 1 aliphatic heterocycles. The van der Waals surface area contributed by atoms with Crippen LogP contribution in [0.4, 0.5) is 0 Å². The molecule has 4 nitrogen and oxygen atoms in total. The maximum Gasteiger partial charge on any atom is 0.253 e. The van der Waals surface area contributed by atoms with Crippen LogP contribution in [0, 0.1) is 13.8 Å². The average molecular weight is 283 g/mol. The number of aromatic nitrogens is 2. The van der Waals surface area contributed by atoms with Crippen LogP contribution in [0.25, 0.3) is 11.0 Å². The number of carbonyl (C=O) groups is 1. The lowest BCUT2D eigenvalue weighted by Crippen LogP contribution is -2.31. The van der Waals surface area contributed by atoms with Crippen molar-refractivity contribution in [1.29, 1.82) is 0 Å². The summed E-state index contributed by atoms with van der Waals surface area (Å²) in [5, 5.41) is 0. The summed E-state index contributed by atoms with van der Waals surface area (Å²) in [7, 11) is 0. The van der Waals surface area contributed by atoms with Gasteiger partial charge in [-0.15, -0.1) is 0 Å². The van der Waals surface area contributed by atoms with E-state index in [0.29, 0.717) is 0 Å². The predicted octanol–water partition coefficient (Wildman–Crippen LogP) is 3.26. The van der Waals surface area contributed by atoms with E-state index >= 15 is 0 Å². The van der Waals surface area contributed by atoms with Gasteiger partial charge in [-0.3, -0.25) is 4.79 Å². The lowest BCUT2D eigenvalue weighted by Gasteiger charge is -2.20. The van der Waals surface area contributed by atoms with Gasteiger partial charge in [0.05, 0.1) is 22.4 Å². The number of fused-ring (bicyclic) bond motifs is 1. The van der Waals surface area contributed by atoms with Gasteiger partial charge in [0.15, 0.2) is 0 Å². The Kier molecular flexibility index (Phi) is 3.86. The third-order valence-corrected chi connectivity index (χ3v) is 4.22. The van der Waals surface area contributed by atoms with E-state index in [9.17, 15) is 4.79 Å². The molecule has 0 saturated carbocycles. The van der Waals surface area contributed by atoms with E-state index in [1.165, 1.54) is 12.8 Å². The zero-order valence-electron chi connectivity index (χ0n) is 12.7. The van der Waals surface area contributed by atoms with E-state index in [1.807, 2.05) is 36.9 Å². The van der Waals surface area contributed by atoms with Crippen molar-refractivity contribution in [2.24, 2.45) is 0 Å². The highest BCUT2D eigenvalue weighted by Gasteiger charge is 2.17. The quantitative estimate of drug-likeness (QED) is 0.807. The van der Waals surface area contributed by atoms with Crippen LogP contribution in [0.5, 0.6) is 0 Å². The van der Waals surface area contributed by atoms with Crippen molar-refractivity contribution in [2.45, 2.75) is 39.5 Å². The zero-order valence-corrected chi connectivity index (χ0v) is 12.7. The van der Waals surface area contributed by atoms with E-state index in [-0.39, 0.29) is 5.91 Å². The molecule has 0 N–H and O–H groups in total. The summed E-state index contributed by atoms with van der Waals surface area (Å²) in [6.45, 7) is 5.65. The van der Waals surface area contributed by atoms with Gasteiger partial charge in [-0.25, -0.2) is 9.97 Å². The molecule has 21 heavy (non-hydrogen) atoms. The minimum atomic E-state index is 0.124. The molecule has 1 aromatic carbocycles. The minimum absolute atomic E-state index is 0.124. The number of nitrogens with zero attached hydrogens (tertiary/aromatic N) is 3. The van der Waals surface area contributed by atoms with Crippen LogP contribution < -0.4 is 0 Å². The fraction of sp³-hybridized carbons (Fsp3) is 0.471. The third kappa shape index (κ3) is 2.89. The second-order valence-electron chi connectivity index (χ2n) is 5.80. The molecular weight excluding hydrogens is 262 g/mol. The highest BCUT2D eigenvalue weighted by Crippen LogP contribution is 2.18. The zero-order chi connectivity index (χ0) is 14.8. The highest BCUT2D eigenvalue weighted by molar-refractivity contribution is 5.97. The molecule has 1 saturated heterocycles. The Morgan fingerprint density at radius 2 is 1.57 bits per heavy atom. The van der Waals surface area contributed by atoms with Gasteiger partial charge < -0.3 is 4.90 Å². The van der Waals surface area contributed by atoms with E-state index in [2.05, 4.69) is 9.97 Å². The van der Waals surface area contributed by atoms with Crippen LogP contribution in [-0.4, -0.2) is 33.9 Å². The van der Waals surface area contributed by atoms with E-state index in [0.717, 1.165) is 53.9 Å². The second kappa shape index (κ2) is 5.80. The molecule has 2 heterocycles. The molecule has 4 heteroatoms. The van der Waals surface area contributed by atoms with Crippen molar-refractivity contribution in [3.05, 3.63) is 35.2 Å². The van der Waals surface area contributed by atoms with Crippen LogP contribution >= 0.6 is 0 Å². The van der Waals surface area contributed by atoms with Crippen LogP contribution in [0.2, 0.25) is 0 Å². The van der Waals surface area contributed by atoms with Crippen LogP contribution in [-0.2, 0) is 0 Å². The molecule has 0 bridgehead atoms. The normalized spacial score (nSPS) is 16.0. The molecule has 110 valence electrons. The Bertz CT molecular complexity index is 673. The molecule has 1 fully saturated rings. The van der Waals surface area contributed by atoms with Crippen LogP contribution in [0.1, 0.15) is 47.4 Å². The molecule has 1 aliphatic rings. The third-order valence-electron chi connectivity index (χ3n) is 4.22. The van der Waals surface area contributed by atoms with Gasteiger partial charge >= 0.3 is 0 Å². The molecule has 0 atom stereocenters. The van der Waals surface area contributed by atoms with E-state index < -0.39 is 0 Å². The van der Waals surface area contributed by atoms with Crippen molar-refractivity contribution in [3.8, 4) is 0 Å². The SMILES string of the molecule is Cc1nc2ccc(C(=O)N3CCCCCC3)cc2nc1C. The first kappa shape index (κ1) is 14.0. The fourth-order valence-electron chi connectivity index (χ4n) is 2.82. The van der Waals surface area contributed by atoms with Crippen molar-refractivity contribution < 1.29 is 4.79 Å². The predicted molar refractivity (Wildman–Crippen MR) is 83.4 cm³/mol. The number of hydrogen-bond acceptors (Lipinski definition) is 3. The topological polar surface area (TPSA) is 46.1 Å². The number of amides is 1. The first-order valence-corrected chi connectivity index (χ1v) is 7.69. The lowest BCUT2D eigenvalue weighted by molar-refractivity contribution is 0.0762. The molecule has 1 aromatic heterocycles. The number of hydrogen-bond donors (Lipinski definition) is 0. The summed E-state index contributed by atoms with van der Waals surface area (Å²) in [6.07, 6.45) is 4.67.